The lowest BCUT2D eigenvalue weighted by Crippen LogP contribution is -2.32. The lowest BCUT2D eigenvalue weighted by molar-refractivity contribution is 0.103. The van der Waals surface area contributed by atoms with Crippen LogP contribution in [0.3, 0.4) is 0 Å². The molecule has 2 aromatic rings. The molecule has 28 heavy (non-hydrogen) atoms. The maximum Gasteiger partial charge on any atom is 0.189 e. The Kier molecular flexibility index (Phi) is 4.65. The van der Waals surface area contributed by atoms with Crippen molar-refractivity contribution in [3.05, 3.63) is 70.8 Å². The van der Waals surface area contributed by atoms with Gasteiger partial charge in [-0.25, -0.2) is 0 Å². The van der Waals surface area contributed by atoms with Crippen LogP contribution in [-0.2, 0) is 13.0 Å². The number of carbonyl (C=O) groups is 1. The molecule has 0 N–H and O–H groups in total. The number of rotatable bonds is 3. The highest BCUT2D eigenvalue weighted by Gasteiger charge is 2.29. The van der Waals surface area contributed by atoms with Crippen LogP contribution in [-0.4, -0.2) is 37.0 Å². The maximum absolute atomic E-state index is 12.9. The molecule has 0 spiro atoms. The monoisotopic (exact) mass is 375 g/mol. The average molecular weight is 375 g/mol. The van der Waals surface area contributed by atoms with Gasteiger partial charge in [0.05, 0.1) is 0 Å². The largest absolute Gasteiger partial charge is 0.486 e. The third-order valence-corrected chi connectivity index (χ3v) is 6.00. The van der Waals surface area contributed by atoms with Gasteiger partial charge in [-0.15, -0.1) is 0 Å². The van der Waals surface area contributed by atoms with Crippen LogP contribution in [0, 0.1) is 5.92 Å². The molecule has 0 saturated carbocycles. The van der Waals surface area contributed by atoms with Crippen LogP contribution in [0.5, 0.6) is 11.5 Å². The van der Waals surface area contributed by atoms with E-state index in [2.05, 4.69) is 41.3 Å². The van der Waals surface area contributed by atoms with E-state index in [1.165, 1.54) is 5.56 Å². The van der Waals surface area contributed by atoms with Crippen LogP contribution in [0.4, 0.5) is 0 Å². The summed E-state index contributed by atoms with van der Waals surface area (Å²) in [5, 5.41) is 0. The Balaban J connectivity index is 1.24. The number of nitrogens with zero attached hydrogens (tertiary/aromatic N) is 1. The van der Waals surface area contributed by atoms with Gasteiger partial charge in [-0.1, -0.05) is 36.4 Å². The Morgan fingerprint density at radius 2 is 1.71 bits per heavy atom. The van der Waals surface area contributed by atoms with E-state index in [0.29, 0.717) is 24.9 Å². The summed E-state index contributed by atoms with van der Waals surface area (Å²) in [6, 6.07) is 14.5. The summed E-state index contributed by atoms with van der Waals surface area (Å²) in [4.78, 5) is 15.4. The lowest BCUT2D eigenvalue weighted by Gasteiger charge is -2.30. The van der Waals surface area contributed by atoms with E-state index in [1.807, 2.05) is 12.1 Å². The number of carbonyl (C=O) groups excluding carboxylic acids is 1. The van der Waals surface area contributed by atoms with Crippen molar-refractivity contribution >= 4 is 5.78 Å². The molecular weight excluding hydrogens is 350 g/mol. The fourth-order valence-corrected chi connectivity index (χ4v) is 4.49. The second-order valence-electron chi connectivity index (χ2n) is 7.95. The average Bonchev–Trinajstić information content (AvgIpc) is 3.03. The van der Waals surface area contributed by atoms with Gasteiger partial charge in [-0.05, 0) is 55.1 Å². The van der Waals surface area contributed by atoms with Gasteiger partial charge in [0.2, 0.25) is 0 Å². The number of likely N-dealkylation sites (tertiary alicyclic amines) is 1. The minimum absolute atomic E-state index is 0.165. The first-order valence-electron chi connectivity index (χ1n) is 10.2. The number of ether oxygens (including phenoxy) is 2. The molecule has 1 saturated heterocycles. The zero-order chi connectivity index (χ0) is 18.9. The standard InChI is InChI=1S/C24H25NO3/c26-24-20(13-19-14-22-23(15-21(19)24)28-11-10-27-22)12-17-6-8-25(9-7-17)16-18-4-2-1-3-5-18/h1-5,12,14-15,17H,6-11,13,16H2/b20-12-. The van der Waals surface area contributed by atoms with Crippen molar-refractivity contribution in [1.82, 2.24) is 4.90 Å². The molecule has 0 radical (unpaired) electrons. The second-order valence-corrected chi connectivity index (χ2v) is 7.95. The number of allylic oxidation sites excluding steroid dienone is 2. The summed E-state index contributed by atoms with van der Waals surface area (Å²) in [6.07, 6.45) is 5.18. The zero-order valence-electron chi connectivity index (χ0n) is 16.0. The molecule has 0 atom stereocenters. The Morgan fingerprint density at radius 3 is 2.46 bits per heavy atom. The molecule has 0 amide bonds. The van der Waals surface area contributed by atoms with Gasteiger partial charge in [0.15, 0.2) is 17.3 Å². The highest BCUT2D eigenvalue weighted by atomic mass is 16.6. The van der Waals surface area contributed by atoms with Crippen LogP contribution in [0.2, 0.25) is 0 Å². The number of Topliss-reactive ketones (excluding diaryl/α,β-unsaturated/α-hetero) is 1. The minimum Gasteiger partial charge on any atom is -0.486 e. The molecule has 144 valence electrons. The number of hydrogen-bond acceptors (Lipinski definition) is 4. The molecule has 1 fully saturated rings. The first-order chi connectivity index (χ1) is 13.8. The molecule has 2 aromatic carbocycles. The van der Waals surface area contributed by atoms with Gasteiger partial charge in [0.1, 0.15) is 13.2 Å². The molecule has 2 aliphatic heterocycles. The van der Waals surface area contributed by atoms with E-state index in [1.54, 1.807) is 0 Å². The Morgan fingerprint density at radius 1 is 1.00 bits per heavy atom. The van der Waals surface area contributed by atoms with Crippen molar-refractivity contribution in [3.8, 4) is 11.5 Å². The van der Waals surface area contributed by atoms with Gasteiger partial charge in [0, 0.05) is 24.1 Å². The van der Waals surface area contributed by atoms with Gasteiger partial charge >= 0.3 is 0 Å². The Bertz CT molecular complexity index is 911. The molecule has 0 unspecified atom stereocenters. The Hall–Kier alpha value is -2.59. The second kappa shape index (κ2) is 7.44. The SMILES string of the molecule is O=C1/C(=C\C2CCN(Cc3ccccc3)CC2)Cc2cc3c(cc21)OCCO3. The van der Waals surface area contributed by atoms with Crippen molar-refractivity contribution in [2.45, 2.75) is 25.8 Å². The number of benzene rings is 2. The van der Waals surface area contributed by atoms with Gasteiger partial charge in [-0.2, -0.15) is 0 Å². The topological polar surface area (TPSA) is 38.8 Å². The molecule has 2 heterocycles. The van der Waals surface area contributed by atoms with Gasteiger partial charge in [-0.3, -0.25) is 9.69 Å². The third-order valence-electron chi connectivity index (χ3n) is 6.00. The summed E-state index contributed by atoms with van der Waals surface area (Å²) in [7, 11) is 0. The molecule has 0 bridgehead atoms. The van der Waals surface area contributed by atoms with Crippen LogP contribution in [0.25, 0.3) is 0 Å². The van der Waals surface area contributed by atoms with Gasteiger partial charge < -0.3 is 9.47 Å². The fourth-order valence-electron chi connectivity index (χ4n) is 4.49. The minimum atomic E-state index is 0.165. The van der Waals surface area contributed by atoms with Crippen LogP contribution in [0.1, 0.15) is 34.3 Å². The van der Waals surface area contributed by atoms with E-state index in [4.69, 9.17) is 9.47 Å². The fraction of sp³-hybridized carbons (Fsp3) is 0.375. The quantitative estimate of drug-likeness (QED) is 0.759. The predicted octanol–water partition coefficient (Wildman–Crippen LogP) is 4.04. The van der Waals surface area contributed by atoms with Crippen molar-refractivity contribution in [2.75, 3.05) is 26.3 Å². The molecule has 0 aromatic heterocycles. The molecular formula is C24H25NO3. The summed E-state index contributed by atoms with van der Waals surface area (Å²) in [5.41, 5.74) is 4.17. The number of piperidine rings is 1. The Labute approximate surface area is 165 Å². The first kappa shape index (κ1) is 17.5. The smallest absolute Gasteiger partial charge is 0.189 e. The van der Waals surface area contributed by atoms with Crippen molar-refractivity contribution in [3.63, 3.8) is 0 Å². The van der Waals surface area contributed by atoms with Crippen LogP contribution >= 0.6 is 0 Å². The van der Waals surface area contributed by atoms with Crippen molar-refractivity contribution < 1.29 is 14.3 Å². The first-order valence-corrected chi connectivity index (χ1v) is 10.2. The molecule has 4 heteroatoms. The molecule has 3 aliphatic rings. The van der Waals surface area contributed by atoms with Crippen LogP contribution < -0.4 is 9.47 Å². The number of fused-ring (bicyclic) bond motifs is 2. The van der Waals surface area contributed by atoms with E-state index < -0.39 is 0 Å². The highest BCUT2D eigenvalue weighted by molar-refractivity contribution is 6.13. The number of ketones is 1. The molecule has 4 nitrogen and oxygen atoms in total. The lowest BCUT2D eigenvalue weighted by atomic mass is 9.93. The zero-order valence-corrected chi connectivity index (χ0v) is 16.0. The summed E-state index contributed by atoms with van der Waals surface area (Å²) >= 11 is 0. The third kappa shape index (κ3) is 3.45. The van der Waals surface area contributed by atoms with Crippen LogP contribution in [0.15, 0.2) is 54.1 Å². The summed E-state index contributed by atoms with van der Waals surface area (Å²) in [6.45, 7) is 4.30. The van der Waals surface area contributed by atoms with E-state index in [9.17, 15) is 4.79 Å². The van der Waals surface area contributed by atoms with E-state index in [-0.39, 0.29) is 5.78 Å². The normalized spacial score (nSPS) is 21.1. The summed E-state index contributed by atoms with van der Waals surface area (Å²) in [5.74, 6) is 2.13. The van der Waals surface area contributed by atoms with E-state index in [0.717, 1.165) is 61.3 Å². The van der Waals surface area contributed by atoms with Crippen molar-refractivity contribution in [1.29, 1.82) is 0 Å². The highest BCUT2D eigenvalue weighted by Crippen LogP contribution is 2.38. The number of hydrogen-bond donors (Lipinski definition) is 0. The molecule has 5 rings (SSSR count). The maximum atomic E-state index is 12.9. The van der Waals surface area contributed by atoms with Crippen molar-refractivity contribution in [2.24, 2.45) is 5.92 Å². The molecule has 1 aliphatic carbocycles. The predicted molar refractivity (Wildman–Crippen MR) is 108 cm³/mol. The van der Waals surface area contributed by atoms with E-state index >= 15 is 0 Å². The van der Waals surface area contributed by atoms with Gasteiger partial charge in [0.25, 0.3) is 0 Å². The summed E-state index contributed by atoms with van der Waals surface area (Å²) < 4.78 is 11.3.